The number of hydrogen-bond acceptors (Lipinski definition) is 5. The van der Waals surface area contributed by atoms with E-state index in [0.717, 1.165) is 24.8 Å². The van der Waals surface area contributed by atoms with Crippen LogP contribution in [0, 0.1) is 0 Å². The van der Waals surface area contributed by atoms with Crippen molar-refractivity contribution in [1.82, 2.24) is 10.2 Å². The zero-order valence-corrected chi connectivity index (χ0v) is 14.5. The van der Waals surface area contributed by atoms with E-state index in [1.807, 2.05) is 6.07 Å². The number of carboxylic acids is 2. The average molecular weight is 364 g/mol. The molecule has 1 heterocycles. The monoisotopic (exact) mass is 364 g/mol. The molecule has 1 amide bonds. The molecule has 1 saturated heterocycles. The van der Waals surface area contributed by atoms with Gasteiger partial charge in [-0.05, 0) is 31.5 Å². The van der Waals surface area contributed by atoms with E-state index in [1.54, 1.807) is 29.2 Å². The van der Waals surface area contributed by atoms with Crippen molar-refractivity contribution in [3.63, 3.8) is 0 Å². The van der Waals surface area contributed by atoms with Crippen LogP contribution in [-0.4, -0.2) is 58.3 Å². The molecule has 1 unspecified atom stereocenters. The van der Waals surface area contributed by atoms with Crippen molar-refractivity contribution in [1.29, 1.82) is 0 Å². The van der Waals surface area contributed by atoms with E-state index in [2.05, 4.69) is 5.32 Å². The highest BCUT2D eigenvalue weighted by Gasteiger charge is 2.33. The fourth-order valence-electron chi connectivity index (χ4n) is 2.99. The first-order valence-electron chi connectivity index (χ1n) is 8.64. The van der Waals surface area contributed by atoms with Gasteiger partial charge in [0, 0.05) is 6.42 Å². The highest BCUT2D eigenvalue weighted by atomic mass is 16.5. The maximum atomic E-state index is 11.9. The van der Waals surface area contributed by atoms with Gasteiger partial charge in [-0.3, -0.25) is 9.69 Å². The van der Waals surface area contributed by atoms with Crippen molar-refractivity contribution >= 4 is 18.0 Å². The Balaban J connectivity index is 1.92. The molecule has 0 aromatic heterocycles. The Morgan fingerprint density at radius 1 is 1.04 bits per heavy atom. The normalized spacial score (nSPS) is 17.1. The number of carbonyl (C=O) groups is 3. The molecule has 2 atom stereocenters. The lowest BCUT2D eigenvalue weighted by molar-refractivity contribution is -0.146. The van der Waals surface area contributed by atoms with E-state index < -0.39 is 30.1 Å². The summed E-state index contributed by atoms with van der Waals surface area (Å²) < 4.78 is 5.02. The molecule has 8 nitrogen and oxygen atoms in total. The summed E-state index contributed by atoms with van der Waals surface area (Å²) in [5, 5.41) is 21.1. The number of amides is 1. The van der Waals surface area contributed by atoms with Gasteiger partial charge in [-0.25, -0.2) is 9.59 Å². The van der Waals surface area contributed by atoms with Crippen molar-refractivity contribution in [3.8, 4) is 0 Å². The van der Waals surface area contributed by atoms with Crippen LogP contribution in [0.15, 0.2) is 30.3 Å². The summed E-state index contributed by atoms with van der Waals surface area (Å²) in [5.41, 5.74) is 0.770. The second-order valence-corrected chi connectivity index (χ2v) is 6.28. The fraction of sp³-hybridized carbons (Fsp3) is 0.500. The topological polar surface area (TPSA) is 116 Å². The van der Waals surface area contributed by atoms with Crippen LogP contribution in [0.3, 0.4) is 0 Å². The maximum absolute atomic E-state index is 11.9. The Kier molecular flexibility index (Phi) is 7.40. The second-order valence-electron chi connectivity index (χ2n) is 6.28. The molecule has 1 aliphatic heterocycles. The number of hydrogen-bond donors (Lipinski definition) is 3. The van der Waals surface area contributed by atoms with Crippen molar-refractivity contribution in [3.05, 3.63) is 35.9 Å². The number of benzene rings is 1. The quantitative estimate of drug-likeness (QED) is 0.643. The summed E-state index contributed by atoms with van der Waals surface area (Å²) in [6, 6.07) is 6.69. The number of likely N-dealkylation sites (tertiary alicyclic amines) is 1. The first-order valence-corrected chi connectivity index (χ1v) is 8.64. The third-order valence-corrected chi connectivity index (χ3v) is 4.38. The van der Waals surface area contributed by atoms with E-state index in [0.29, 0.717) is 13.1 Å². The Morgan fingerprint density at radius 2 is 1.69 bits per heavy atom. The Bertz CT molecular complexity index is 615. The molecular formula is C18H24N2O6. The third-order valence-electron chi connectivity index (χ3n) is 4.38. The van der Waals surface area contributed by atoms with Crippen molar-refractivity contribution in [2.24, 2.45) is 0 Å². The summed E-state index contributed by atoms with van der Waals surface area (Å²) in [6.45, 7) is 1.23. The van der Waals surface area contributed by atoms with Crippen LogP contribution in [0.2, 0.25) is 0 Å². The molecule has 1 aromatic carbocycles. The number of rotatable bonds is 8. The van der Waals surface area contributed by atoms with E-state index in [-0.39, 0.29) is 13.0 Å². The summed E-state index contributed by atoms with van der Waals surface area (Å²) >= 11 is 0. The van der Waals surface area contributed by atoms with Crippen LogP contribution in [0.4, 0.5) is 4.79 Å². The van der Waals surface area contributed by atoms with Gasteiger partial charge in [0.05, 0.1) is 0 Å². The number of aliphatic carboxylic acids is 2. The van der Waals surface area contributed by atoms with E-state index in [1.165, 1.54) is 0 Å². The largest absolute Gasteiger partial charge is 0.480 e. The number of nitrogens with zero attached hydrogens (tertiary/aromatic N) is 1. The van der Waals surface area contributed by atoms with E-state index in [9.17, 15) is 24.6 Å². The molecule has 0 aliphatic carbocycles. The predicted molar refractivity (Wildman–Crippen MR) is 92.7 cm³/mol. The van der Waals surface area contributed by atoms with Crippen LogP contribution >= 0.6 is 0 Å². The number of alkyl carbamates (subject to hydrolysis) is 1. The van der Waals surface area contributed by atoms with Crippen molar-refractivity contribution < 1.29 is 29.3 Å². The van der Waals surface area contributed by atoms with Gasteiger partial charge in [-0.15, -0.1) is 0 Å². The lowest BCUT2D eigenvalue weighted by Crippen LogP contribution is -2.51. The molecule has 1 aliphatic rings. The van der Waals surface area contributed by atoms with Crippen LogP contribution in [-0.2, 0) is 20.9 Å². The first kappa shape index (κ1) is 19.7. The van der Waals surface area contributed by atoms with Crippen LogP contribution in [0.5, 0.6) is 0 Å². The fourth-order valence-corrected chi connectivity index (χ4v) is 2.99. The minimum Gasteiger partial charge on any atom is -0.480 e. The van der Waals surface area contributed by atoms with Crippen molar-refractivity contribution in [2.45, 2.75) is 44.4 Å². The Labute approximate surface area is 151 Å². The maximum Gasteiger partial charge on any atom is 0.408 e. The second kappa shape index (κ2) is 9.76. The summed E-state index contributed by atoms with van der Waals surface area (Å²) in [4.78, 5) is 36.7. The SMILES string of the molecule is O=C(N[C@@H](CC(C(=O)O)N1CCCCC1)C(=O)O)OCc1ccccc1. The molecular weight excluding hydrogens is 340 g/mol. The molecule has 142 valence electrons. The molecule has 0 bridgehead atoms. The molecule has 1 fully saturated rings. The van der Waals surface area contributed by atoms with Gasteiger partial charge in [0.25, 0.3) is 0 Å². The Morgan fingerprint density at radius 3 is 2.27 bits per heavy atom. The van der Waals surface area contributed by atoms with Crippen LogP contribution in [0.1, 0.15) is 31.2 Å². The highest BCUT2D eigenvalue weighted by Crippen LogP contribution is 2.16. The predicted octanol–water partition coefficient (Wildman–Crippen LogP) is 1.70. The van der Waals surface area contributed by atoms with E-state index >= 15 is 0 Å². The highest BCUT2D eigenvalue weighted by molar-refractivity contribution is 5.81. The minimum absolute atomic E-state index is 0.00744. The van der Waals surface area contributed by atoms with E-state index in [4.69, 9.17) is 4.74 Å². The summed E-state index contributed by atoms with van der Waals surface area (Å²) in [7, 11) is 0. The molecule has 1 aromatic rings. The smallest absolute Gasteiger partial charge is 0.408 e. The third kappa shape index (κ3) is 6.03. The van der Waals surface area contributed by atoms with Gasteiger partial charge >= 0.3 is 18.0 Å². The average Bonchev–Trinajstić information content (AvgIpc) is 2.64. The summed E-state index contributed by atoms with van der Waals surface area (Å²) in [6.07, 6.45) is 1.70. The zero-order chi connectivity index (χ0) is 18.9. The van der Waals surface area contributed by atoms with Crippen LogP contribution < -0.4 is 5.32 Å². The molecule has 3 N–H and O–H groups in total. The van der Waals surface area contributed by atoms with Gasteiger partial charge in [-0.1, -0.05) is 36.8 Å². The first-order chi connectivity index (χ1) is 12.5. The van der Waals surface area contributed by atoms with Gasteiger partial charge in [0.15, 0.2) is 0 Å². The molecule has 0 saturated carbocycles. The number of carboxylic acid groups (broad SMARTS) is 2. The number of piperidine rings is 1. The lowest BCUT2D eigenvalue weighted by atomic mass is 10.0. The standard InChI is InChI=1S/C18H24N2O6/c21-16(22)14(11-15(17(23)24)20-9-5-2-6-10-20)19-18(25)26-12-13-7-3-1-4-8-13/h1,3-4,7-8,14-15H,2,5-6,9-12H2,(H,19,25)(H,21,22)(H,23,24)/t14-,15?/m0/s1. The van der Waals surface area contributed by atoms with Gasteiger partial charge in [0.2, 0.25) is 0 Å². The van der Waals surface area contributed by atoms with Gasteiger partial charge < -0.3 is 20.3 Å². The van der Waals surface area contributed by atoms with Crippen LogP contribution in [0.25, 0.3) is 0 Å². The lowest BCUT2D eigenvalue weighted by Gasteiger charge is -2.33. The molecule has 8 heteroatoms. The molecule has 2 rings (SSSR count). The minimum atomic E-state index is -1.33. The number of ether oxygens (including phenoxy) is 1. The molecule has 26 heavy (non-hydrogen) atoms. The molecule has 0 radical (unpaired) electrons. The molecule has 0 spiro atoms. The van der Waals surface area contributed by atoms with Crippen molar-refractivity contribution in [2.75, 3.05) is 13.1 Å². The number of nitrogens with one attached hydrogen (secondary N) is 1. The number of carbonyl (C=O) groups excluding carboxylic acids is 1. The Hall–Kier alpha value is -2.61. The van der Waals surface area contributed by atoms with Gasteiger partial charge in [-0.2, -0.15) is 0 Å². The zero-order valence-electron chi connectivity index (χ0n) is 14.5. The van der Waals surface area contributed by atoms with Gasteiger partial charge in [0.1, 0.15) is 18.7 Å². The summed E-state index contributed by atoms with van der Waals surface area (Å²) in [5.74, 6) is -2.37.